The molecule has 3 amide bonds. The smallest absolute Gasteiger partial charge is 0.471 e. The molecule has 0 saturated heterocycles. The maximum Gasteiger partial charge on any atom is 0.471 e. The number of alkyl halides is 3. The summed E-state index contributed by atoms with van der Waals surface area (Å²) in [5.41, 5.74) is -0.739. The monoisotopic (exact) mass is 373 g/mol. The highest BCUT2D eigenvalue weighted by molar-refractivity contribution is 5.95. The molecule has 26 heavy (non-hydrogen) atoms. The lowest BCUT2D eigenvalue weighted by Crippen LogP contribution is -2.57. The molecule has 0 aliphatic carbocycles. The van der Waals surface area contributed by atoms with Crippen LogP contribution >= 0.6 is 0 Å². The average Bonchev–Trinajstić information content (AvgIpc) is 2.52. The second kappa shape index (κ2) is 6.85. The summed E-state index contributed by atoms with van der Waals surface area (Å²) in [4.78, 5) is 34.7. The molecule has 10 heteroatoms. The zero-order valence-electron chi connectivity index (χ0n) is 14.3. The molecule has 1 aromatic carbocycles. The number of rotatable bonds is 4. The van der Waals surface area contributed by atoms with E-state index in [9.17, 15) is 27.6 Å². The predicted molar refractivity (Wildman–Crippen MR) is 85.4 cm³/mol. The average molecular weight is 373 g/mol. The first-order valence-corrected chi connectivity index (χ1v) is 7.67. The van der Waals surface area contributed by atoms with Crippen LogP contribution in [0, 0.1) is 0 Å². The first kappa shape index (κ1) is 19.5. The molecule has 142 valence electrons. The number of anilines is 1. The van der Waals surface area contributed by atoms with Crippen LogP contribution in [0.25, 0.3) is 0 Å². The van der Waals surface area contributed by atoms with Crippen LogP contribution in [0.4, 0.5) is 18.9 Å². The van der Waals surface area contributed by atoms with Crippen LogP contribution in [0.3, 0.4) is 0 Å². The Hall–Kier alpha value is -2.78. The van der Waals surface area contributed by atoms with Gasteiger partial charge in [0, 0.05) is 0 Å². The molecular weight excluding hydrogens is 355 g/mol. The van der Waals surface area contributed by atoms with Crippen molar-refractivity contribution < 1.29 is 32.3 Å². The number of benzene rings is 1. The fourth-order valence-corrected chi connectivity index (χ4v) is 2.24. The third kappa shape index (κ3) is 4.44. The lowest BCUT2D eigenvalue weighted by atomic mass is 10.0. The Kier molecular flexibility index (Phi) is 5.15. The molecule has 1 aromatic rings. The first-order valence-electron chi connectivity index (χ1n) is 7.67. The zero-order valence-corrected chi connectivity index (χ0v) is 14.3. The number of carbonyl (C=O) groups is 3. The van der Waals surface area contributed by atoms with Gasteiger partial charge in [-0.25, -0.2) is 0 Å². The summed E-state index contributed by atoms with van der Waals surface area (Å²) in [7, 11) is 0. The van der Waals surface area contributed by atoms with Crippen LogP contribution in [0.2, 0.25) is 0 Å². The van der Waals surface area contributed by atoms with Crippen molar-refractivity contribution in [3.63, 3.8) is 0 Å². The SMILES string of the molecule is C[C@H](NC(=O)C(C)(C)NC(=O)C(F)(F)F)c1ccc2c(c1)NC(=O)CO2. The van der Waals surface area contributed by atoms with Gasteiger partial charge < -0.3 is 20.7 Å². The van der Waals surface area contributed by atoms with E-state index in [2.05, 4.69) is 10.6 Å². The number of hydrogen-bond acceptors (Lipinski definition) is 4. The Morgan fingerprint density at radius 3 is 2.50 bits per heavy atom. The van der Waals surface area contributed by atoms with Gasteiger partial charge in [0.15, 0.2) is 6.61 Å². The number of fused-ring (bicyclic) bond motifs is 1. The number of ether oxygens (including phenoxy) is 1. The van der Waals surface area contributed by atoms with E-state index in [1.54, 1.807) is 30.4 Å². The van der Waals surface area contributed by atoms with Crippen molar-refractivity contribution in [3.05, 3.63) is 23.8 Å². The molecule has 0 saturated carbocycles. The molecule has 0 bridgehead atoms. The third-order valence-electron chi connectivity index (χ3n) is 3.74. The predicted octanol–water partition coefficient (Wildman–Crippen LogP) is 1.65. The van der Waals surface area contributed by atoms with E-state index in [0.717, 1.165) is 0 Å². The van der Waals surface area contributed by atoms with Crippen LogP contribution in [0.5, 0.6) is 5.75 Å². The normalized spacial score (nSPS) is 15.2. The summed E-state index contributed by atoms with van der Waals surface area (Å²) in [6.07, 6.45) is -5.08. The molecule has 3 N–H and O–H groups in total. The first-order chi connectivity index (χ1) is 11.9. The third-order valence-corrected chi connectivity index (χ3v) is 3.74. The summed E-state index contributed by atoms with van der Waals surface area (Å²) in [6, 6.07) is 4.28. The van der Waals surface area contributed by atoms with Crippen molar-refractivity contribution in [1.29, 1.82) is 0 Å². The number of carbonyl (C=O) groups excluding carboxylic acids is 3. The molecule has 1 aliphatic heterocycles. The van der Waals surface area contributed by atoms with Gasteiger partial charge in [-0.3, -0.25) is 14.4 Å². The Labute approximate surface area is 147 Å². The van der Waals surface area contributed by atoms with Crippen molar-refractivity contribution in [2.75, 3.05) is 11.9 Å². The van der Waals surface area contributed by atoms with Gasteiger partial charge in [0.1, 0.15) is 11.3 Å². The molecule has 7 nitrogen and oxygen atoms in total. The van der Waals surface area contributed by atoms with E-state index >= 15 is 0 Å². The van der Waals surface area contributed by atoms with E-state index in [0.29, 0.717) is 17.0 Å². The Bertz CT molecular complexity index is 747. The second-order valence-corrected chi connectivity index (χ2v) is 6.36. The zero-order chi connectivity index (χ0) is 19.7. The van der Waals surface area contributed by atoms with Crippen LogP contribution in [-0.2, 0) is 14.4 Å². The highest BCUT2D eigenvalue weighted by Crippen LogP contribution is 2.30. The van der Waals surface area contributed by atoms with Gasteiger partial charge in [0.05, 0.1) is 11.7 Å². The topological polar surface area (TPSA) is 96.5 Å². The number of amides is 3. The maximum absolute atomic E-state index is 12.4. The highest BCUT2D eigenvalue weighted by atomic mass is 19.4. The fraction of sp³-hybridized carbons (Fsp3) is 0.438. The van der Waals surface area contributed by atoms with E-state index in [4.69, 9.17) is 4.74 Å². The largest absolute Gasteiger partial charge is 0.482 e. The number of nitrogens with one attached hydrogen (secondary N) is 3. The summed E-state index contributed by atoms with van der Waals surface area (Å²) >= 11 is 0. The number of hydrogen-bond donors (Lipinski definition) is 3. The Balaban J connectivity index is 2.08. The van der Waals surface area contributed by atoms with Crippen molar-refractivity contribution in [2.24, 2.45) is 0 Å². The minimum atomic E-state index is -5.08. The van der Waals surface area contributed by atoms with Crippen molar-refractivity contribution in [1.82, 2.24) is 10.6 Å². The molecule has 0 fully saturated rings. The number of halogens is 3. The minimum absolute atomic E-state index is 0.0915. The molecule has 1 heterocycles. The van der Waals surface area contributed by atoms with Crippen molar-refractivity contribution in [3.8, 4) is 5.75 Å². The van der Waals surface area contributed by atoms with E-state index in [-0.39, 0.29) is 12.5 Å². The van der Waals surface area contributed by atoms with Crippen LogP contribution < -0.4 is 20.7 Å². The molecule has 0 spiro atoms. The molecule has 2 rings (SSSR count). The maximum atomic E-state index is 12.4. The molecule has 0 unspecified atom stereocenters. The molecule has 1 aliphatic rings. The lowest BCUT2D eigenvalue weighted by Gasteiger charge is -2.28. The second-order valence-electron chi connectivity index (χ2n) is 6.36. The molecule has 0 radical (unpaired) electrons. The lowest BCUT2D eigenvalue weighted by molar-refractivity contribution is -0.176. The molecular formula is C16H18F3N3O4. The fourth-order valence-electron chi connectivity index (χ4n) is 2.24. The minimum Gasteiger partial charge on any atom is -0.482 e. The van der Waals surface area contributed by atoms with Crippen LogP contribution in [-0.4, -0.2) is 36.0 Å². The van der Waals surface area contributed by atoms with Crippen LogP contribution in [0.1, 0.15) is 32.4 Å². The Morgan fingerprint density at radius 2 is 1.88 bits per heavy atom. The standard InChI is InChI=1S/C16H18F3N3O4/c1-8(9-4-5-11-10(6-9)21-12(23)7-26-11)20-13(24)15(2,3)22-14(25)16(17,18)19/h4-6,8H,7H2,1-3H3,(H,20,24)(H,21,23)(H,22,25)/t8-/m0/s1. The summed E-state index contributed by atoms with van der Waals surface area (Å²) in [6.45, 7) is 3.86. The van der Waals surface area contributed by atoms with Crippen molar-refractivity contribution >= 4 is 23.4 Å². The summed E-state index contributed by atoms with van der Waals surface area (Å²) in [5, 5.41) is 6.82. The van der Waals surface area contributed by atoms with E-state index in [1.807, 2.05) is 0 Å². The van der Waals surface area contributed by atoms with Gasteiger partial charge in [0.25, 0.3) is 5.91 Å². The van der Waals surface area contributed by atoms with Gasteiger partial charge in [-0.2, -0.15) is 13.2 Å². The van der Waals surface area contributed by atoms with E-state index in [1.165, 1.54) is 13.8 Å². The van der Waals surface area contributed by atoms with Gasteiger partial charge >= 0.3 is 12.1 Å². The molecule has 0 aromatic heterocycles. The van der Waals surface area contributed by atoms with Gasteiger partial charge in [-0.15, -0.1) is 0 Å². The quantitative estimate of drug-likeness (QED) is 0.748. The van der Waals surface area contributed by atoms with Gasteiger partial charge in [0.2, 0.25) is 5.91 Å². The summed E-state index contributed by atoms with van der Waals surface area (Å²) in [5.74, 6) is -2.83. The van der Waals surface area contributed by atoms with Crippen LogP contribution in [0.15, 0.2) is 18.2 Å². The van der Waals surface area contributed by atoms with Gasteiger partial charge in [-0.1, -0.05) is 6.07 Å². The summed E-state index contributed by atoms with van der Waals surface area (Å²) < 4.78 is 42.3. The van der Waals surface area contributed by atoms with Crippen molar-refractivity contribution in [2.45, 2.75) is 38.5 Å². The molecule has 1 atom stereocenters. The van der Waals surface area contributed by atoms with Gasteiger partial charge in [-0.05, 0) is 38.5 Å². The highest BCUT2D eigenvalue weighted by Gasteiger charge is 2.43. The Morgan fingerprint density at radius 1 is 1.23 bits per heavy atom. The van der Waals surface area contributed by atoms with E-state index < -0.39 is 29.6 Å².